The summed E-state index contributed by atoms with van der Waals surface area (Å²) in [4.78, 5) is 0. The van der Waals surface area contributed by atoms with Crippen molar-refractivity contribution in [3.63, 3.8) is 0 Å². The molecule has 0 amide bonds. The maximum atomic E-state index is 12.5. The van der Waals surface area contributed by atoms with Gasteiger partial charge in [-0.25, -0.2) is 4.39 Å². The van der Waals surface area contributed by atoms with Gasteiger partial charge < -0.3 is 0 Å². The number of nitrogens with zero attached hydrogens (tertiary/aromatic N) is 2. The van der Waals surface area contributed by atoms with Gasteiger partial charge in [-0.3, -0.25) is 4.68 Å². The number of hydrogen-bond acceptors (Lipinski definition) is 1. The minimum absolute atomic E-state index is 0.0625. The molecule has 0 saturated carbocycles. The van der Waals surface area contributed by atoms with Crippen LogP contribution in [0.1, 0.15) is 5.69 Å². The summed E-state index contributed by atoms with van der Waals surface area (Å²) in [6, 6.07) is 0. The molecule has 4 heteroatoms. The second-order valence-corrected chi connectivity index (χ2v) is 2.17. The summed E-state index contributed by atoms with van der Waals surface area (Å²) < 4.78 is 13.8. The minimum Gasteiger partial charge on any atom is -0.254 e. The van der Waals surface area contributed by atoms with Gasteiger partial charge in [0, 0.05) is 7.05 Å². The second kappa shape index (κ2) is 1.99. The first-order valence-electron chi connectivity index (χ1n) is 2.47. The van der Waals surface area contributed by atoms with Gasteiger partial charge in [0.15, 0.2) is 11.0 Å². The predicted molar refractivity (Wildman–Crippen MR) is 32.9 cm³/mol. The van der Waals surface area contributed by atoms with Crippen molar-refractivity contribution in [2.24, 2.45) is 7.05 Å². The molecule has 0 saturated heterocycles. The van der Waals surface area contributed by atoms with Crippen molar-refractivity contribution >= 4 is 11.6 Å². The molecular formula is C5H6ClFN2. The van der Waals surface area contributed by atoms with Gasteiger partial charge in [0.1, 0.15) is 0 Å². The van der Waals surface area contributed by atoms with E-state index >= 15 is 0 Å². The van der Waals surface area contributed by atoms with E-state index in [0.717, 1.165) is 0 Å². The van der Waals surface area contributed by atoms with E-state index in [1.807, 2.05) is 0 Å². The lowest BCUT2D eigenvalue weighted by molar-refractivity contribution is 0.618. The molecule has 0 atom stereocenters. The number of halogens is 2. The first-order valence-corrected chi connectivity index (χ1v) is 2.85. The maximum absolute atomic E-state index is 12.5. The van der Waals surface area contributed by atoms with Crippen LogP contribution in [0.2, 0.25) is 5.15 Å². The lowest BCUT2D eigenvalue weighted by Crippen LogP contribution is -1.88. The van der Waals surface area contributed by atoms with Crippen LogP contribution in [0, 0.1) is 12.7 Å². The van der Waals surface area contributed by atoms with Crippen LogP contribution in [0.4, 0.5) is 4.39 Å². The molecule has 0 aliphatic heterocycles. The molecule has 1 aromatic rings. The van der Waals surface area contributed by atoms with E-state index in [2.05, 4.69) is 5.10 Å². The summed E-state index contributed by atoms with van der Waals surface area (Å²) in [5, 5.41) is 3.78. The molecule has 2 nitrogen and oxygen atoms in total. The van der Waals surface area contributed by atoms with E-state index in [4.69, 9.17) is 11.6 Å². The topological polar surface area (TPSA) is 17.8 Å². The second-order valence-electron chi connectivity index (χ2n) is 1.81. The van der Waals surface area contributed by atoms with Crippen molar-refractivity contribution in [1.82, 2.24) is 9.78 Å². The Bertz CT molecular complexity index is 209. The standard InChI is InChI=1S/C5H6ClFN2/c1-3-4(7)5(6)9(2)8-3/h1-2H3. The molecule has 9 heavy (non-hydrogen) atoms. The SMILES string of the molecule is Cc1nn(C)c(Cl)c1F. The van der Waals surface area contributed by atoms with E-state index in [-0.39, 0.29) is 5.15 Å². The zero-order valence-corrected chi connectivity index (χ0v) is 5.91. The minimum atomic E-state index is -0.431. The molecule has 0 bridgehead atoms. The van der Waals surface area contributed by atoms with Crippen LogP contribution in [0.5, 0.6) is 0 Å². The molecule has 0 radical (unpaired) electrons. The van der Waals surface area contributed by atoms with Gasteiger partial charge in [-0.05, 0) is 6.92 Å². The molecule has 1 heterocycles. The highest BCUT2D eigenvalue weighted by molar-refractivity contribution is 6.29. The Hall–Kier alpha value is -0.570. The Morgan fingerprint density at radius 1 is 1.67 bits per heavy atom. The Balaban J connectivity index is 3.29. The first-order chi connectivity index (χ1) is 4.13. The van der Waals surface area contributed by atoms with Crippen molar-refractivity contribution in [2.45, 2.75) is 6.92 Å². The van der Waals surface area contributed by atoms with E-state index < -0.39 is 5.82 Å². The molecule has 0 aliphatic carbocycles. The average Bonchev–Trinajstić information content (AvgIpc) is 1.98. The molecular weight excluding hydrogens is 143 g/mol. The van der Waals surface area contributed by atoms with Crippen molar-refractivity contribution in [2.75, 3.05) is 0 Å². The third-order valence-electron chi connectivity index (χ3n) is 1.08. The number of aromatic nitrogens is 2. The Labute approximate surface area is 57.2 Å². The molecule has 0 unspecified atom stereocenters. The van der Waals surface area contributed by atoms with Crippen molar-refractivity contribution in [1.29, 1.82) is 0 Å². The summed E-state index contributed by atoms with van der Waals surface area (Å²) in [7, 11) is 1.60. The fourth-order valence-corrected chi connectivity index (χ4v) is 0.779. The Kier molecular flexibility index (Phi) is 1.45. The number of aryl methyl sites for hydroxylation is 2. The molecule has 0 N–H and O–H groups in total. The lowest BCUT2D eigenvalue weighted by Gasteiger charge is -1.85. The largest absolute Gasteiger partial charge is 0.254 e. The maximum Gasteiger partial charge on any atom is 0.182 e. The molecule has 0 aliphatic rings. The number of rotatable bonds is 0. The first kappa shape index (κ1) is 6.55. The predicted octanol–water partition coefficient (Wildman–Crippen LogP) is 1.52. The number of hydrogen-bond donors (Lipinski definition) is 0. The van der Waals surface area contributed by atoms with Crippen molar-refractivity contribution < 1.29 is 4.39 Å². The van der Waals surface area contributed by atoms with Crippen LogP contribution in [0.3, 0.4) is 0 Å². The molecule has 1 aromatic heterocycles. The zero-order chi connectivity index (χ0) is 7.02. The summed E-state index contributed by atoms with van der Waals surface area (Å²) >= 11 is 5.42. The Morgan fingerprint density at radius 2 is 2.22 bits per heavy atom. The van der Waals surface area contributed by atoms with E-state index in [0.29, 0.717) is 5.69 Å². The Morgan fingerprint density at radius 3 is 2.33 bits per heavy atom. The third-order valence-corrected chi connectivity index (χ3v) is 1.49. The molecule has 50 valence electrons. The summed E-state index contributed by atoms with van der Waals surface area (Å²) in [5.74, 6) is -0.431. The van der Waals surface area contributed by atoms with Gasteiger partial charge in [-0.15, -0.1) is 0 Å². The van der Waals surface area contributed by atoms with Crippen LogP contribution in [0.25, 0.3) is 0 Å². The fourth-order valence-electron chi connectivity index (χ4n) is 0.604. The highest BCUT2D eigenvalue weighted by atomic mass is 35.5. The highest BCUT2D eigenvalue weighted by Gasteiger charge is 2.08. The summed E-state index contributed by atoms with van der Waals surface area (Å²) in [6.07, 6.45) is 0. The van der Waals surface area contributed by atoms with Crippen molar-refractivity contribution in [3.8, 4) is 0 Å². The third kappa shape index (κ3) is 0.920. The van der Waals surface area contributed by atoms with E-state index in [1.165, 1.54) is 4.68 Å². The molecule has 1 rings (SSSR count). The highest BCUT2D eigenvalue weighted by Crippen LogP contribution is 2.14. The van der Waals surface area contributed by atoms with Crippen LogP contribution >= 0.6 is 11.6 Å². The van der Waals surface area contributed by atoms with Crippen LogP contribution in [0.15, 0.2) is 0 Å². The van der Waals surface area contributed by atoms with E-state index in [1.54, 1.807) is 14.0 Å². The van der Waals surface area contributed by atoms with Gasteiger partial charge in [-0.1, -0.05) is 11.6 Å². The van der Waals surface area contributed by atoms with Crippen LogP contribution in [-0.2, 0) is 7.05 Å². The van der Waals surface area contributed by atoms with Gasteiger partial charge >= 0.3 is 0 Å². The summed E-state index contributed by atoms with van der Waals surface area (Å²) in [5.41, 5.74) is 0.336. The fraction of sp³-hybridized carbons (Fsp3) is 0.400. The van der Waals surface area contributed by atoms with Crippen LogP contribution < -0.4 is 0 Å². The lowest BCUT2D eigenvalue weighted by atomic mass is 10.5. The average molecular weight is 149 g/mol. The zero-order valence-electron chi connectivity index (χ0n) is 5.15. The van der Waals surface area contributed by atoms with Gasteiger partial charge in [0.05, 0.1) is 5.69 Å². The van der Waals surface area contributed by atoms with Crippen LogP contribution in [-0.4, -0.2) is 9.78 Å². The smallest absolute Gasteiger partial charge is 0.182 e. The normalized spacial score (nSPS) is 10.2. The van der Waals surface area contributed by atoms with Gasteiger partial charge in [0.25, 0.3) is 0 Å². The summed E-state index contributed by atoms with van der Waals surface area (Å²) in [6.45, 7) is 1.57. The molecule has 0 spiro atoms. The quantitative estimate of drug-likeness (QED) is 0.546. The van der Waals surface area contributed by atoms with Gasteiger partial charge in [-0.2, -0.15) is 5.10 Å². The molecule has 0 fully saturated rings. The van der Waals surface area contributed by atoms with Crippen molar-refractivity contribution in [3.05, 3.63) is 16.7 Å². The van der Waals surface area contributed by atoms with E-state index in [9.17, 15) is 4.39 Å². The molecule has 0 aromatic carbocycles. The van der Waals surface area contributed by atoms with Gasteiger partial charge in [0.2, 0.25) is 0 Å². The monoisotopic (exact) mass is 148 g/mol.